The summed E-state index contributed by atoms with van der Waals surface area (Å²) in [6, 6.07) is 0. The van der Waals surface area contributed by atoms with Crippen LogP contribution in [0.5, 0.6) is 0 Å². The van der Waals surface area contributed by atoms with Gasteiger partial charge >= 0.3 is 33.5 Å². The standard InChI is InChI=1S/C18H23BF8O5S/c1-2-14(19,31-9-13-6-10-3-11(7-13)5-12(4-10)8-13)15(20,21)16(22,23)32-17(24,25)18(26,27)33(28,29)30/h10-12H,2-9H2,1H3,(H,28,29,30). The minimum Gasteiger partial charge on any atom is -0.378 e. The van der Waals surface area contributed by atoms with Gasteiger partial charge in [-0.3, -0.25) is 4.55 Å². The molecule has 1 N–H and O–H groups in total. The van der Waals surface area contributed by atoms with Gasteiger partial charge in [-0.25, -0.2) is 4.74 Å². The van der Waals surface area contributed by atoms with Gasteiger partial charge in [0.25, 0.3) is 0 Å². The summed E-state index contributed by atoms with van der Waals surface area (Å²) < 4.78 is 148. The van der Waals surface area contributed by atoms with Crippen LogP contribution in [0.2, 0.25) is 0 Å². The maximum absolute atomic E-state index is 14.7. The number of rotatable bonds is 10. The van der Waals surface area contributed by atoms with Crippen LogP contribution in [0.1, 0.15) is 51.9 Å². The van der Waals surface area contributed by atoms with E-state index in [9.17, 15) is 43.5 Å². The van der Waals surface area contributed by atoms with Gasteiger partial charge in [-0.05, 0) is 68.1 Å². The highest BCUT2D eigenvalue weighted by Crippen LogP contribution is 2.61. The van der Waals surface area contributed by atoms with E-state index in [2.05, 4.69) is 4.74 Å². The molecule has 0 aromatic carbocycles. The Balaban J connectivity index is 1.80. The summed E-state index contributed by atoms with van der Waals surface area (Å²) in [5.41, 5.74) is -4.20. The molecule has 0 heterocycles. The number of ether oxygens (including phenoxy) is 2. The SMILES string of the molecule is [B]C(CC)(OCC12CC3CC(CC(C3)C1)C2)C(F)(F)C(F)(F)OC(F)(F)C(F)(F)S(=O)(=O)O. The van der Waals surface area contributed by atoms with E-state index in [1.54, 1.807) is 0 Å². The smallest absolute Gasteiger partial charge is 0.378 e. The first-order valence-electron chi connectivity index (χ1n) is 10.3. The molecule has 33 heavy (non-hydrogen) atoms. The summed E-state index contributed by atoms with van der Waals surface area (Å²) in [6.07, 6.45) is -9.45. The fourth-order valence-electron chi connectivity index (χ4n) is 5.84. The lowest BCUT2D eigenvalue weighted by Gasteiger charge is -2.57. The van der Waals surface area contributed by atoms with Gasteiger partial charge in [0, 0.05) is 0 Å². The maximum atomic E-state index is 14.7. The van der Waals surface area contributed by atoms with Crippen molar-refractivity contribution in [1.29, 1.82) is 0 Å². The van der Waals surface area contributed by atoms with Crippen LogP contribution in [0.15, 0.2) is 0 Å². The zero-order valence-electron chi connectivity index (χ0n) is 17.5. The molecule has 4 aliphatic carbocycles. The molecule has 0 aliphatic heterocycles. The van der Waals surface area contributed by atoms with Crippen molar-refractivity contribution in [1.82, 2.24) is 0 Å². The molecule has 0 amide bonds. The molecule has 15 heteroatoms. The van der Waals surface area contributed by atoms with Crippen molar-refractivity contribution in [2.24, 2.45) is 23.2 Å². The number of halogens is 8. The topological polar surface area (TPSA) is 72.8 Å². The summed E-state index contributed by atoms with van der Waals surface area (Å²) in [5, 5.41) is -6.65. The Morgan fingerprint density at radius 3 is 1.70 bits per heavy atom. The minimum atomic E-state index is -7.00. The minimum absolute atomic E-state index is 0.334. The molecule has 1 atom stereocenters. The molecular weight excluding hydrogens is 491 g/mol. The largest absolute Gasteiger partial charge is 0.460 e. The van der Waals surface area contributed by atoms with Gasteiger partial charge in [0.2, 0.25) is 0 Å². The van der Waals surface area contributed by atoms with Gasteiger partial charge in [0.1, 0.15) is 7.85 Å². The molecular formula is C18H23BF8O5S. The lowest BCUT2D eigenvalue weighted by atomic mass is 9.50. The fourth-order valence-corrected chi connectivity index (χ4v) is 6.19. The first-order chi connectivity index (χ1) is 14.7. The molecule has 5 nitrogen and oxygen atoms in total. The maximum Gasteiger partial charge on any atom is 0.460 e. The number of hydrogen-bond donors (Lipinski definition) is 1. The van der Waals surface area contributed by atoms with E-state index in [0.29, 0.717) is 37.0 Å². The van der Waals surface area contributed by atoms with Crippen LogP contribution >= 0.6 is 0 Å². The average Bonchev–Trinajstić information content (AvgIpc) is 2.63. The highest BCUT2D eigenvalue weighted by Gasteiger charge is 2.77. The summed E-state index contributed by atoms with van der Waals surface area (Å²) in [6.45, 7) is 0.429. The highest BCUT2D eigenvalue weighted by atomic mass is 32.2. The van der Waals surface area contributed by atoms with Crippen molar-refractivity contribution in [2.75, 3.05) is 6.61 Å². The van der Waals surface area contributed by atoms with E-state index >= 15 is 0 Å². The third-order valence-electron chi connectivity index (χ3n) is 7.14. The first kappa shape index (κ1) is 26.9. The van der Waals surface area contributed by atoms with E-state index in [4.69, 9.17) is 17.1 Å². The van der Waals surface area contributed by atoms with Crippen LogP contribution in [0, 0.1) is 23.2 Å². The predicted octanol–water partition coefficient (Wildman–Crippen LogP) is 4.81. The third-order valence-corrected chi connectivity index (χ3v) is 8.03. The van der Waals surface area contributed by atoms with Gasteiger partial charge in [0.15, 0.2) is 0 Å². The molecule has 4 aliphatic rings. The Kier molecular flexibility index (Phi) is 6.46. The molecule has 0 spiro atoms. The summed E-state index contributed by atoms with van der Waals surface area (Å²) >= 11 is 0. The molecule has 4 saturated carbocycles. The molecule has 1 unspecified atom stereocenters. The third kappa shape index (κ3) is 4.39. The Bertz CT molecular complexity index is 833. The Morgan fingerprint density at radius 1 is 0.909 bits per heavy atom. The molecule has 190 valence electrons. The summed E-state index contributed by atoms with van der Waals surface area (Å²) in [4.78, 5) is 0. The van der Waals surface area contributed by atoms with Gasteiger partial charge in [0.05, 0.1) is 12.1 Å². The zero-order valence-corrected chi connectivity index (χ0v) is 18.3. The Labute approximate surface area is 186 Å². The van der Waals surface area contributed by atoms with Crippen molar-refractivity contribution in [2.45, 2.75) is 80.8 Å². The molecule has 0 aromatic heterocycles. The van der Waals surface area contributed by atoms with Crippen LogP contribution in [0.3, 0.4) is 0 Å². The van der Waals surface area contributed by atoms with Crippen LogP contribution < -0.4 is 0 Å². The monoisotopic (exact) mass is 514 g/mol. The van der Waals surface area contributed by atoms with Crippen molar-refractivity contribution in [3.8, 4) is 0 Å². The number of hydrogen-bond acceptors (Lipinski definition) is 4. The molecule has 4 fully saturated rings. The number of alkyl halides is 8. The predicted molar refractivity (Wildman–Crippen MR) is 97.8 cm³/mol. The van der Waals surface area contributed by atoms with Gasteiger partial charge in [-0.2, -0.15) is 43.5 Å². The van der Waals surface area contributed by atoms with Crippen LogP contribution in [-0.2, 0) is 19.6 Å². The van der Waals surface area contributed by atoms with E-state index in [0.717, 1.165) is 26.2 Å². The van der Waals surface area contributed by atoms with E-state index < -0.39 is 57.5 Å². The van der Waals surface area contributed by atoms with Crippen LogP contribution in [-0.4, -0.2) is 56.3 Å². The highest BCUT2D eigenvalue weighted by molar-refractivity contribution is 7.86. The van der Waals surface area contributed by atoms with Crippen molar-refractivity contribution < 1.29 is 57.6 Å². The first-order valence-corrected chi connectivity index (χ1v) is 11.8. The van der Waals surface area contributed by atoms with E-state index in [-0.39, 0.29) is 0 Å². The van der Waals surface area contributed by atoms with Crippen LogP contribution in [0.4, 0.5) is 35.1 Å². The lowest BCUT2D eigenvalue weighted by molar-refractivity contribution is -0.469. The molecule has 0 aromatic rings. The second kappa shape index (κ2) is 7.92. The molecule has 4 bridgehead atoms. The quantitative estimate of drug-likeness (QED) is 0.258. The second-order valence-corrected chi connectivity index (χ2v) is 11.1. The summed E-state index contributed by atoms with van der Waals surface area (Å²) in [5.74, 6) is -4.80. The Hall–Kier alpha value is -0.665. The van der Waals surface area contributed by atoms with Crippen molar-refractivity contribution in [3.05, 3.63) is 0 Å². The fraction of sp³-hybridized carbons (Fsp3) is 1.00. The van der Waals surface area contributed by atoms with Gasteiger partial charge < -0.3 is 4.74 Å². The van der Waals surface area contributed by atoms with E-state index in [1.165, 1.54) is 0 Å². The van der Waals surface area contributed by atoms with Crippen molar-refractivity contribution in [3.63, 3.8) is 0 Å². The molecule has 2 radical (unpaired) electrons. The zero-order chi connectivity index (χ0) is 25.3. The lowest BCUT2D eigenvalue weighted by Crippen LogP contribution is -2.65. The van der Waals surface area contributed by atoms with Gasteiger partial charge in [-0.1, -0.05) is 6.92 Å². The normalized spacial score (nSPS) is 32.7. The summed E-state index contributed by atoms with van der Waals surface area (Å²) in [7, 11) is -1.63. The molecule has 4 rings (SSSR count). The Morgan fingerprint density at radius 2 is 1.33 bits per heavy atom. The van der Waals surface area contributed by atoms with Crippen LogP contribution in [0.25, 0.3) is 0 Å². The van der Waals surface area contributed by atoms with E-state index in [1.807, 2.05) is 0 Å². The second-order valence-electron chi connectivity index (χ2n) is 9.65. The molecule has 0 saturated heterocycles. The average molecular weight is 514 g/mol. The van der Waals surface area contributed by atoms with Gasteiger partial charge in [-0.15, -0.1) is 0 Å². The van der Waals surface area contributed by atoms with Crippen molar-refractivity contribution >= 4 is 18.0 Å².